The molecule has 3 aromatic carbocycles. The van der Waals surface area contributed by atoms with Crippen LogP contribution in [0.3, 0.4) is 0 Å². The molecule has 0 saturated carbocycles. The molecule has 0 unspecified atom stereocenters. The molecule has 2 aliphatic heterocycles. The Labute approximate surface area is 322 Å². The molecule has 1 saturated heterocycles. The lowest BCUT2D eigenvalue weighted by Crippen LogP contribution is -2.34. The van der Waals surface area contributed by atoms with E-state index in [0.29, 0.717) is 24.9 Å². The Morgan fingerprint density at radius 1 is 0.963 bits per heavy atom. The molecule has 286 valence electrons. The number of ether oxygens (including phenoxy) is 3. The van der Waals surface area contributed by atoms with E-state index >= 15 is 0 Å². The van der Waals surface area contributed by atoms with Crippen molar-refractivity contribution in [3.8, 4) is 16.9 Å². The highest BCUT2D eigenvalue weighted by molar-refractivity contribution is 7.84. The number of fused-ring (bicyclic) bond motifs is 2. The zero-order valence-corrected chi connectivity index (χ0v) is 33.0. The number of anilines is 1. The van der Waals surface area contributed by atoms with Crippen molar-refractivity contribution in [2.45, 2.75) is 82.9 Å². The standard InChI is InChI=1S/C44H55N5O4S/c1-4-6-21-51-24-25-53-38-12-9-34(10-13-38)35-11-16-42-37(26-35)27-36(8-7-20-48(42)29-33-17-22-52-23-18-33)44-46-40-15-14-39(28-41(40)47-44)54(50)30-43-32(3)45-31-49(43)19-5-2/h9-16,26-28,31,33H,4-8,17-25,29-30H2,1-3H3,(H,46,47)/b36-27+/t54-/m0/s1. The zero-order valence-electron chi connectivity index (χ0n) is 32.1. The Hall–Kier alpha value is -4.25. The van der Waals surface area contributed by atoms with Crippen LogP contribution in [0.5, 0.6) is 5.75 Å². The van der Waals surface area contributed by atoms with Gasteiger partial charge in [-0.1, -0.05) is 38.5 Å². The summed E-state index contributed by atoms with van der Waals surface area (Å²) in [5, 5.41) is 0. The molecule has 2 aliphatic rings. The Balaban J connectivity index is 1.15. The van der Waals surface area contributed by atoms with E-state index in [1.54, 1.807) is 0 Å². The second kappa shape index (κ2) is 18.4. The second-order valence-electron chi connectivity index (χ2n) is 14.6. The van der Waals surface area contributed by atoms with Crippen LogP contribution in [0.15, 0.2) is 71.9 Å². The largest absolute Gasteiger partial charge is 0.491 e. The van der Waals surface area contributed by atoms with Crippen molar-refractivity contribution < 1.29 is 18.4 Å². The molecule has 2 aromatic heterocycles. The van der Waals surface area contributed by atoms with E-state index in [1.807, 2.05) is 43.6 Å². The summed E-state index contributed by atoms with van der Waals surface area (Å²) in [5.74, 6) is 2.80. The fourth-order valence-corrected chi connectivity index (χ4v) is 8.78. The Morgan fingerprint density at radius 2 is 1.80 bits per heavy atom. The Bertz CT molecular complexity index is 2050. The summed E-state index contributed by atoms with van der Waals surface area (Å²) in [6.07, 6.45) is 11.6. The molecule has 0 radical (unpaired) electrons. The van der Waals surface area contributed by atoms with Gasteiger partial charge in [0.25, 0.3) is 0 Å². The van der Waals surface area contributed by atoms with Gasteiger partial charge in [-0.05, 0) is 122 Å². The Morgan fingerprint density at radius 3 is 2.61 bits per heavy atom. The van der Waals surface area contributed by atoms with Gasteiger partial charge in [-0.25, -0.2) is 9.97 Å². The number of aryl methyl sites for hydroxylation is 2. The maximum absolute atomic E-state index is 13.6. The van der Waals surface area contributed by atoms with E-state index in [9.17, 15) is 4.21 Å². The molecule has 7 rings (SSSR count). The predicted molar refractivity (Wildman–Crippen MR) is 219 cm³/mol. The summed E-state index contributed by atoms with van der Waals surface area (Å²) in [5.41, 5.74) is 9.72. The van der Waals surface area contributed by atoms with Crippen molar-refractivity contribution in [2.75, 3.05) is 51.0 Å². The summed E-state index contributed by atoms with van der Waals surface area (Å²) in [7, 11) is -1.21. The number of aromatic amines is 1. The first kappa shape index (κ1) is 38.0. The molecule has 0 aliphatic carbocycles. The van der Waals surface area contributed by atoms with Gasteiger partial charge in [0.15, 0.2) is 0 Å². The van der Waals surface area contributed by atoms with Crippen molar-refractivity contribution >= 4 is 39.2 Å². The van der Waals surface area contributed by atoms with E-state index in [1.165, 1.54) is 16.8 Å². The van der Waals surface area contributed by atoms with Gasteiger partial charge in [0.05, 0.1) is 51.9 Å². The van der Waals surface area contributed by atoms with Gasteiger partial charge in [-0.15, -0.1) is 0 Å². The summed E-state index contributed by atoms with van der Waals surface area (Å²) in [4.78, 5) is 16.6. The van der Waals surface area contributed by atoms with Crippen LogP contribution in [0.25, 0.3) is 33.8 Å². The van der Waals surface area contributed by atoms with Crippen molar-refractivity contribution in [3.05, 3.63) is 89.8 Å². The van der Waals surface area contributed by atoms with Crippen LogP contribution in [0.2, 0.25) is 0 Å². The molecule has 9 nitrogen and oxygen atoms in total. The number of allylic oxidation sites excluding steroid dienone is 1. The number of imidazole rings is 2. The van der Waals surface area contributed by atoms with Crippen molar-refractivity contribution in [1.29, 1.82) is 0 Å². The zero-order chi connectivity index (χ0) is 37.3. The minimum Gasteiger partial charge on any atom is -0.491 e. The number of nitrogens with zero attached hydrogens (tertiary/aromatic N) is 4. The number of unbranched alkanes of at least 4 members (excludes halogenated alkanes) is 1. The maximum Gasteiger partial charge on any atom is 0.134 e. The van der Waals surface area contributed by atoms with Gasteiger partial charge in [0.1, 0.15) is 18.2 Å². The SMILES string of the molecule is CCCCOCCOc1ccc(-c2ccc3c(c2)/C=C(/c2nc4ccc([S@@](=O)Cc5c(C)ncn5CCC)cc4[nH]2)CCCN3CC2CCOCC2)cc1. The number of hydrogen-bond acceptors (Lipinski definition) is 7. The smallest absolute Gasteiger partial charge is 0.134 e. The van der Waals surface area contributed by atoms with Gasteiger partial charge in [-0.3, -0.25) is 4.21 Å². The minimum absolute atomic E-state index is 0.441. The summed E-state index contributed by atoms with van der Waals surface area (Å²) >= 11 is 0. The van der Waals surface area contributed by atoms with Crippen LogP contribution >= 0.6 is 0 Å². The lowest BCUT2D eigenvalue weighted by Gasteiger charge is -2.33. The van der Waals surface area contributed by atoms with E-state index in [2.05, 4.69) is 69.7 Å². The highest BCUT2D eigenvalue weighted by atomic mass is 32.2. The summed E-state index contributed by atoms with van der Waals surface area (Å²) in [6, 6.07) is 21.2. The van der Waals surface area contributed by atoms with Crippen LogP contribution in [0, 0.1) is 12.8 Å². The summed E-state index contributed by atoms with van der Waals surface area (Å²) < 4.78 is 33.1. The average Bonchev–Trinajstić information content (AvgIpc) is 3.77. The molecule has 0 bridgehead atoms. The molecule has 1 atom stereocenters. The predicted octanol–water partition coefficient (Wildman–Crippen LogP) is 9.22. The van der Waals surface area contributed by atoms with Crippen molar-refractivity contribution in [1.82, 2.24) is 19.5 Å². The number of H-pyrrole nitrogens is 1. The number of hydrogen-bond donors (Lipinski definition) is 1. The van der Waals surface area contributed by atoms with Crippen molar-refractivity contribution in [3.63, 3.8) is 0 Å². The first-order chi connectivity index (χ1) is 26.5. The molecule has 0 amide bonds. The molecule has 4 heterocycles. The highest BCUT2D eigenvalue weighted by Crippen LogP contribution is 2.36. The van der Waals surface area contributed by atoms with E-state index < -0.39 is 10.8 Å². The molecule has 0 spiro atoms. The van der Waals surface area contributed by atoms with E-state index in [4.69, 9.17) is 19.2 Å². The fraction of sp³-hybridized carbons (Fsp3) is 0.455. The third kappa shape index (κ3) is 9.33. The van der Waals surface area contributed by atoms with Gasteiger partial charge >= 0.3 is 0 Å². The quantitative estimate of drug-likeness (QED) is 0.101. The lowest BCUT2D eigenvalue weighted by molar-refractivity contribution is 0.0682. The monoisotopic (exact) mass is 749 g/mol. The first-order valence-electron chi connectivity index (χ1n) is 19.9. The van der Waals surface area contributed by atoms with Crippen LogP contribution in [0.1, 0.15) is 81.6 Å². The number of nitrogens with one attached hydrogen (secondary N) is 1. The van der Waals surface area contributed by atoms with Crippen LogP contribution in [-0.4, -0.2) is 69.9 Å². The van der Waals surface area contributed by atoms with E-state index in [0.717, 1.165) is 134 Å². The lowest BCUT2D eigenvalue weighted by atomic mass is 9.94. The molecular formula is C44H55N5O4S. The third-order valence-electron chi connectivity index (χ3n) is 10.6. The average molecular weight is 750 g/mol. The van der Waals surface area contributed by atoms with Crippen LogP contribution < -0.4 is 9.64 Å². The minimum atomic E-state index is -1.21. The van der Waals surface area contributed by atoms with Gasteiger partial charge < -0.3 is 28.7 Å². The van der Waals surface area contributed by atoms with E-state index in [-0.39, 0.29) is 0 Å². The van der Waals surface area contributed by atoms with Gasteiger partial charge in [-0.2, -0.15) is 0 Å². The summed E-state index contributed by atoms with van der Waals surface area (Å²) in [6.45, 7) is 12.8. The maximum atomic E-state index is 13.6. The van der Waals surface area contributed by atoms with Gasteiger partial charge in [0, 0.05) is 50.0 Å². The third-order valence-corrected chi connectivity index (χ3v) is 11.9. The van der Waals surface area contributed by atoms with Crippen molar-refractivity contribution in [2.24, 2.45) is 5.92 Å². The van der Waals surface area contributed by atoms with Gasteiger partial charge in [0.2, 0.25) is 0 Å². The normalized spacial score (nSPS) is 16.8. The molecule has 1 N–H and O–H groups in total. The molecule has 1 fully saturated rings. The number of benzene rings is 3. The van der Waals surface area contributed by atoms with Crippen LogP contribution in [-0.2, 0) is 32.6 Å². The number of aromatic nitrogens is 4. The molecule has 10 heteroatoms. The Kier molecular flexibility index (Phi) is 13.0. The molecular weight excluding hydrogens is 695 g/mol. The fourth-order valence-electron chi connectivity index (χ4n) is 7.53. The molecule has 5 aromatic rings. The van der Waals surface area contributed by atoms with Crippen LogP contribution in [0.4, 0.5) is 5.69 Å². The second-order valence-corrected chi connectivity index (χ2v) is 16.1. The molecule has 54 heavy (non-hydrogen) atoms. The highest BCUT2D eigenvalue weighted by Gasteiger charge is 2.23. The topological polar surface area (TPSA) is 94.5 Å². The number of rotatable bonds is 16. The first-order valence-corrected chi connectivity index (χ1v) is 21.2.